The summed E-state index contributed by atoms with van der Waals surface area (Å²) in [6.07, 6.45) is -2.01. The van der Waals surface area contributed by atoms with E-state index in [4.69, 9.17) is 5.11 Å². The van der Waals surface area contributed by atoms with Gasteiger partial charge in [0.05, 0.1) is 0 Å². The van der Waals surface area contributed by atoms with E-state index < -0.39 is 23.7 Å². The fraction of sp³-hybridized carbons (Fsp3) is 0.500. The van der Waals surface area contributed by atoms with E-state index in [9.17, 15) is 13.6 Å². The first kappa shape index (κ1) is 13.3. The molecule has 0 saturated carbocycles. The van der Waals surface area contributed by atoms with Crippen LogP contribution in [0.25, 0.3) is 0 Å². The molecule has 1 heterocycles. The van der Waals surface area contributed by atoms with E-state index in [1.807, 2.05) is 13.8 Å². The van der Waals surface area contributed by atoms with Crippen molar-refractivity contribution in [3.05, 3.63) is 17.5 Å². The van der Waals surface area contributed by atoms with Crippen LogP contribution in [0.2, 0.25) is 0 Å². The molecule has 7 heteroatoms. The number of alkyl halides is 2. The molecule has 17 heavy (non-hydrogen) atoms. The first-order valence-electron chi connectivity index (χ1n) is 5.14. The molecule has 0 fully saturated rings. The monoisotopic (exact) mass is 245 g/mol. The smallest absolute Gasteiger partial charge is 0.339 e. The molecule has 0 aromatic carbocycles. The van der Waals surface area contributed by atoms with Gasteiger partial charge in [-0.1, -0.05) is 0 Å². The summed E-state index contributed by atoms with van der Waals surface area (Å²) in [5, 5.41) is 8.73. The van der Waals surface area contributed by atoms with Gasteiger partial charge >= 0.3 is 5.97 Å². The van der Waals surface area contributed by atoms with Gasteiger partial charge in [0.25, 0.3) is 6.43 Å². The lowest BCUT2D eigenvalue weighted by molar-refractivity contribution is 0.0681. The fourth-order valence-corrected chi connectivity index (χ4v) is 1.38. The SMILES string of the molecule is CCN(CC)c1ncc(C(=O)O)c(C(F)F)n1. The van der Waals surface area contributed by atoms with Crippen molar-refractivity contribution in [3.63, 3.8) is 0 Å². The van der Waals surface area contributed by atoms with Crippen molar-refractivity contribution in [1.82, 2.24) is 9.97 Å². The van der Waals surface area contributed by atoms with Crippen molar-refractivity contribution >= 4 is 11.9 Å². The Morgan fingerprint density at radius 2 is 2.06 bits per heavy atom. The third-order valence-electron chi connectivity index (χ3n) is 2.29. The Morgan fingerprint density at radius 3 is 2.47 bits per heavy atom. The zero-order chi connectivity index (χ0) is 13.0. The van der Waals surface area contributed by atoms with Crippen LogP contribution in [0.4, 0.5) is 14.7 Å². The first-order chi connectivity index (χ1) is 8.01. The number of aromatic carboxylic acids is 1. The molecule has 1 aromatic rings. The summed E-state index contributed by atoms with van der Waals surface area (Å²) >= 11 is 0. The molecule has 94 valence electrons. The highest BCUT2D eigenvalue weighted by molar-refractivity contribution is 5.88. The summed E-state index contributed by atoms with van der Waals surface area (Å²) in [5.41, 5.74) is -1.30. The lowest BCUT2D eigenvalue weighted by Gasteiger charge is -2.19. The molecule has 0 saturated heterocycles. The van der Waals surface area contributed by atoms with Crippen LogP contribution in [0.1, 0.15) is 36.3 Å². The van der Waals surface area contributed by atoms with Crippen LogP contribution in [0.3, 0.4) is 0 Å². The van der Waals surface area contributed by atoms with E-state index in [1.165, 1.54) is 0 Å². The molecule has 5 nitrogen and oxygen atoms in total. The Morgan fingerprint density at radius 1 is 1.47 bits per heavy atom. The minimum absolute atomic E-state index is 0.121. The number of anilines is 1. The predicted molar refractivity (Wildman–Crippen MR) is 57.5 cm³/mol. The minimum atomic E-state index is -2.93. The summed E-state index contributed by atoms with van der Waals surface area (Å²) in [7, 11) is 0. The van der Waals surface area contributed by atoms with Crippen molar-refractivity contribution in [1.29, 1.82) is 0 Å². The lowest BCUT2D eigenvalue weighted by atomic mass is 10.2. The molecule has 1 rings (SSSR count). The largest absolute Gasteiger partial charge is 0.478 e. The number of aromatic nitrogens is 2. The Hall–Kier alpha value is -1.79. The van der Waals surface area contributed by atoms with E-state index in [1.54, 1.807) is 4.90 Å². The number of rotatable bonds is 5. The summed E-state index contributed by atoms with van der Waals surface area (Å²) in [4.78, 5) is 19.8. The van der Waals surface area contributed by atoms with E-state index in [0.717, 1.165) is 6.20 Å². The first-order valence-corrected chi connectivity index (χ1v) is 5.14. The molecular formula is C10H13F2N3O2. The summed E-state index contributed by atoms with van der Waals surface area (Å²) in [6, 6.07) is 0. The van der Waals surface area contributed by atoms with Gasteiger partial charge in [0, 0.05) is 19.3 Å². The maximum atomic E-state index is 12.7. The highest BCUT2D eigenvalue weighted by atomic mass is 19.3. The molecule has 0 unspecified atom stereocenters. The van der Waals surface area contributed by atoms with Crippen LogP contribution in [0.5, 0.6) is 0 Å². The molecule has 0 atom stereocenters. The number of halogens is 2. The van der Waals surface area contributed by atoms with Gasteiger partial charge in [-0.2, -0.15) is 0 Å². The summed E-state index contributed by atoms with van der Waals surface area (Å²) in [6.45, 7) is 4.79. The quantitative estimate of drug-likeness (QED) is 0.858. The van der Waals surface area contributed by atoms with Gasteiger partial charge in [-0.15, -0.1) is 0 Å². The van der Waals surface area contributed by atoms with Crippen LogP contribution in [0, 0.1) is 0 Å². The second-order valence-electron chi connectivity index (χ2n) is 3.25. The average molecular weight is 245 g/mol. The average Bonchev–Trinajstić information content (AvgIpc) is 2.30. The van der Waals surface area contributed by atoms with E-state index in [-0.39, 0.29) is 5.95 Å². The maximum absolute atomic E-state index is 12.7. The third-order valence-corrected chi connectivity index (χ3v) is 2.29. The molecule has 1 aromatic heterocycles. The van der Waals surface area contributed by atoms with Gasteiger partial charge in [0.1, 0.15) is 11.3 Å². The van der Waals surface area contributed by atoms with Crippen LogP contribution >= 0.6 is 0 Å². The van der Waals surface area contributed by atoms with Gasteiger partial charge in [-0.25, -0.2) is 23.5 Å². The highest BCUT2D eigenvalue weighted by Crippen LogP contribution is 2.22. The number of nitrogens with zero attached hydrogens (tertiary/aromatic N) is 3. The molecule has 0 radical (unpaired) electrons. The van der Waals surface area contributed by atoms with E-state index in [0.29, 0.717) is 13.1 Å². The predicted octanol–water partition coefficient (Wildman–Crippen LogP) is 1.96. The minimum Gasteiger partial charge on any atom is -0.478 e. The fourth-order valence-electron chi connectivity index (χ4n) is 1.38. The number of carbonyl (C=O) groups is 1. The molecule has 1 N–H and O–H groups in total. The number of carboxylic acid groups (broad SMARTS) is 1. The van der Waals surface area contributed by atoms with Gasteiger partial charge in [-0.3, -0.25) is 0 Å². The Kier molecular flexibility index (Phi) is 4.30. The molecule has 0 bridgehead atoms. The zero-order valence-electron chi connectivity index (χ0n) is 9.52. The van der Waals surface area contributed by atoms with Crippen LogP contribution in [-0.4, -0.2) is 34.1 Å². The molecule has 0 spiro atoms. The van der Waals surface area contributed by atoms with Crippen LogP contribution in [0.15, 0.2) is 6.20 Å². The second kappa shape index (κ2) is 5.51. The molecular weight excluding hydrogens is 232 g/mol. The highest BCUT2D eigenvalue weighted by Gasteiger charge is 2.22. The van der Waals surface area contributed by atoms with E-state index >= 15 is 0 Å². The summed E-state index contributed by atoms with van der Waals surface area (Å²) in [5.74, 6) is -1.33. The normalized spacial score (nSPS) is 10.6. The number of hydrogen-bond acceptors (Lipinski definition) is 4. The third kappa shape index (κ3) is 2.86. The van der Waals surface area contributed by atoms with Crippen molar-refractivity contribution in [2.45, 2.75) is 20.3 Å². The maximum Gasteiger partial charge on any atom is 0.339 e. The van der Waals surface area contributed by atoms with Gasteiger partial charge in [-0.05, 0) is 13.8 Å². The topological polar surface area (TPSA) is 66.3 Å². The number of hydrogen-bond donors (Lipinski definition) is 1. The number of carboxylic acids is 1. The van der Waals surface area contributed by atoms with Crippen molar-refractivity contribution in [3.8, 4) is 0 Å². The zero-order valence-corrected chi connectivity index (χ0v) is 9.52. The van der Waals surface area contributed by atoms with Crippen molar-refractivity contribution in [2.24, 2.45) is 0 Å². The molecule has 0 amide bonds. The van der Waals surface area contributed by atoms with Gasteiger partial charge in [0.15, 0.2) is 0 Å². The Balaban J connectivity index is 3.22. The standard InChI is InChI=1S/C10H13F2N3O2/c1-3-15(4-2)10-13-5-6(9(16)17)7(14-10)8(11)12/h5,8H,3-4H2,1-2H3,(H,16,17). The molecule has 0 aliphatic heterocycles. The molecule has 0 aliphatic carbocycles. The lowest BCUT2D eigenvalue weighted by Crippen LogP contribution is -2.25. The van der Waals surface area contributed by atoms with Crippen molar-refractivity contribution in [2.75, 3.05) is 18.0 Å². The Labute approximate surface area is 97.1 Å². The summed E-state index contributed by atoms with van der Waals surface area (Å²) < 4.78 is 25.3. The van der Waals surface area contributed by atoms with Gasteiger partial charge < -0.3 is 10.0 Å². The van der Waals surface area contributed by atoms with Crippen LogP contribution < -0.4 is 4.90 Å². The Bertz CT molecular complexity index is 409. The second-order valence-corrected chi connectivity index (χ2v) is 3.25. The van der Waals surface area contributed by atoms with Crippen LogP contribution in [-0.2, 0) is 0 Å². The van der Waals surface area contributed by atoms with E-state index in [2.05, 4.69) is 9.97 Å². The van der Waals surface area contributed by atoms with Crippen molar-refractivity contribution < 1.29 is 18.7 Å². The molecule has 0 aliphatic rings. The van der Waals surface area contributed by atoms with Gasteiger partial charge in [0.2, 0.25) is 5.95 Å².